The van der Waals surface area contributed by atoms with Gasteiger partial charge in [0.25, 0.3) is 0 Å². The van der Waals surface area contributed by atoms with Crippen molar-refractivity contribution >= 4 is 17.5 Å². The van der Waals surface area contributed by atoms with Gasteiger partial charge in [-0.1, -0.05) is 0 Å². The van der Waals surface area contributed by atoms with Crippen LogP contribution in [0.15, 0.2) is 18.2 Å². The van der Waals surface area contributed by atoms with E-state index >= 15 is 0 Å². The molecule has 0 bridgehead atoms. The number of hydrogen-bond acceptors (Lipinski definition) is 5. The highest BCUT2D eigenvalue weighted by atomic mass is 16.5. The number of carbonyl (C=O) groups excluding carboxylic acids is 2. The van der Waals surface area contributed by atoms with Crippen molar-refractivity contribution in [3.63, 3.8) is 0 Å². The predicted molar refractivity (Wildman–Crippen MR) is 93.7 cm³/mol. The van der Waals surface area contributed by atoms with Crippen LogP contribution in [0.1, 0.15) is 19.3 Å². The number of nitrogens with two attached hydrogens (primary N) is 1. The summed E-state index contributed by atoms with van der Waals surface area (Å²) in [6.45, 7) is 0.820. The van der Waals surface area contributed by atoms with E-state index in [1.807, 2.05) is 0 Å². The standard InChI is InChI=1S/C18H25N3O4/c1-24-14-6-13(7-15(8-14)25-2)21-10-12(5-17(21)22)18(23)20-9-16(19)11-3-4-11/h6-8,11-12,16H,3-5,9-10,19H2,1-2H3,(H,20,23). The van der Waals surface area contributed by atoms with Gasteiger partial charge in [0.05, 0.1) is 25.8 Å². The van der Waals surface area contributed by atoms with Gasteiger partial charge in [-0.2, -0.15) is 0 Å². The molecule has 2 unspecified atom stereocenters. The van der Waals surface area contributed by atoms with Gasteiger partial charge >= 0.3 is 0 Å². The summed E-state index contributed by atoms with van der Waals surface area (Å²) in [5.74, 6) is 1.18. The molecule has 25 heavy (non-hydrogen) atoms. The fourth-order valence-electron chi connectivity index (χ4n) is 3.13. The fraction of sp³-hybridized carbons (Fsp3) is 0.556. The van der Waals surface area contributed by atoms with Gasteiger partial charge in [-0.3, -0.25) is 9.59 Å². The molecule has 3 N–H and O–H groups in total. The Morgan fingerprint density at radius 1 is 1.28 bits per heavy atom. The number of methoxy groups -OCH3 is 2. The molecule has 1 aromatic carbocycles. The number of ether oxygens (including phenoxy) is 2. The number of anilines is 1. The summed E-state index contributed by atoms with van der Waals surface area (Å²) < 4.78 is 10.5. The lowest BCUT2D eigenvalue weighted by molar-refractivity contribution is -0.126. The van der Waals surface area contributed by atoms with Crippen LogP contribution in [0.3, 0.4) is 0 Å². The van der Waals surface area contributed by atoms with Gasteiger partial charge in [0.1, 0.15) is 11.5 Å². The van der Waals surface area contributed by atoms with Crippen LogP contribution >= 0.6 is 0 Å². The lowest BCUT2D eigenvalue weighted by atomic mass is 10.1. The van der Waals surface area contributed by atoms with Crippen molar-refractivity contribution in [1.29, 1.82) is 0 Å². The van der Waals surface area contributed by atoms with E-state index in [-0.39, 0.29) is 30.2 Å². The number of rotatable bonds is 7. The third kappa shape index (κ3) is 4.04. The Morgan fingerprint density at radius 2 is 1.92 bits per heavy atom. The molecule has 2 amide bonds. The zero-order valence-electron chi connectivity index (χ0n) is 14.7. The van der Waals surface area contributed by atoms with Crippen LogP contribution < -0.4 is 25.4 Å². The summed E-state index contributed by atoms with van der Waals surface area (Å²) in [5.41, 5.74) is 6.69. The van der Waals surface area contributed by atoms with Crippen LogP contribution in [0.2, 0.25) is 0 Å². The van der Waals surface area contributed by atoms with Crippen LogP contribution in [0.4, 0.5) is 5.69 Å². The van der Waals surface area contributed by atoms with Gasteiger partial charge in [0, 0.05) is 43.8 Å². The van der Waals surface area contributed by atoms with E-state index in [2.05, 4.69) is 5.32 Å². The van der Waals surface area contributed by atoms with Crippen molar-refractivity contribution in [1.82, 2.24) is 5.32 Å². The van der Waals surface area contributed by atoms with E-state index in [9.17, 15) is 9.59 Å². The van der Waals surface area contributed by atoms with E-state index in [0.29, 0.717) is 36.2 Å². The molecule has 1 heterocycles. The molecular formula is C18H25N3O4. The maximum Gasteiger partial charge on any atom is 0.227 e. The molecule has 0 aromatic heterocycles. The number of hydrogen-bond donors (Lipinski definition) is 2. The molecule has 7 heteroatoms. The largest absolute Gasteiger partial charge is 0.497 e. The zero-order valence-corrected chi connectivity index (χ0v) is 14.7. The average molecular weight is 347 g/mol. The van der Waals surface area contributed by atoms with E-state index in [4.69, 9.17) is 15.2 Å². The second-order valence-electron chi connectivity index (χ2n) is 6.72. The Balaban J connectivity index is 1.64. The molecule has 3 rings (SSSR count). The van der Waals surface area contributed by atoms with Crippen molar-refractivity contribution < 1.29 is 19.1 Å². The maximum atomic E-state index is 12.4. The van der Waals surface area contributed by atoms with Gasteiger partial charge in [-0.05, 0) is 18.8 Å². The van der Waals surface area contributed by atoms with Gasteiger partial charge in [-0.25, -0.2) is 0 Å². The van der Waals surface area contributed by atoms with E-state index < -0.39 is 0 Å². The van der Waals surface area contributed by atoms with Crippen molar-refractivity contribution in [3.05, 3.63) is 18.2 Å². The minimum Gasteiger partial charge on any atom is -0.497 e. The third-order valence-electron chi connectivity index (χ3n) is 4.88. The van der Waals surface area contributed by atoms with Gasteiger partial charge in [-0.15, -0.1) is 0 Å². The molecule has 1 aliphatic carbocycles. The highest BCUT2D eigenvalue weighted by Crippen LogP contribution is 2.33. The molecule has 7 nitrogen and oxygen atoms in total. The monoisotopic (exact) mass is 347 g/mol. The maximum absolute atomic E-state index is 12.4. The first-order chi connectivity index (χ1) is 12.0. The average Bonchev–Trinajstić information content (AvgIpc) is 3.40. The summed E-state index contributed by atoms with van der Waals surface area (Å²) in [6, 6.07) is 5.29. The SMILES string of the molecule is COc1cc(OC)cc(N2CC(C(=O)NCC(N)C3CC3)CC2=O)c1. The third-order valence-corrected chi connectivity index (χ3v) is 4.88. The Labute approximate surface area is 147 Å². The van der Waals surface area contributed by atoms with E-state index in [0.717, 1.165) is 12.8 Å². The Bertz CT molecular complexity index is 637. The van der Waals surface area contributed by atoms with Crippen molar-refractivity contribution in [2.24, 2.45) is 17.6 Å². The normalized spacial score (nSPS) is 21.2. The van der Waals surface area contributed by atoms with Gasteiger partial charge in [0.15, 0.2) is 0 Å². The molecule has 1 aromatic rings. The number of amides is 2. The van der Waals surface area contributed by atoms with Crippen molar-refractivity contribution in [2.45, 2.75) is 25.3 Å². The minimum absolute atomic E-state index is 0.0137. The van der Waals surface area contributed by atoms with Gasteiger partial charge < -0.3 is 25.4 Å². The summed E-state index contributed by atoms with van der Waals surface area (Å²) >= 11 is 0. The Kier molecular flexibility index (Phi) is 5.13. The molecule has 0 spiro atoms. The lowest BCUT2D eigenvalue weighted by Crippen LogP contribution is -2.41. The summed E-state index contributed by atoms with van der Waals surface area (Å²) in [4.78, 5) is 26.4. The van der Waals surface area contributed by atoms with Crippen LogP contribution in [0, 0.1) is 11.8 Å². The van der Waals surface area contributed by atoms with Gasteiger partial charge in [0.2, 0.25) is 11.8 Å². The Morgan fingerprint density at radius 3 is 2.48 bits per heavy atom. The molecule has 2 fully saturated rings. The predicted octanol–water partition coefficient (Wildman–Crippen LogP) is 0.910. The topological polar surface area (TPSA) is 93.9 Å². The van der Waals surface area contributed by atoms with E-state index in [1.165, 1.54) is 0 Å². The fourth-order valence-corrected chi connectivity index (χ4v) is 3.13. The minimum atomic E-state index is -0.365. The second-order valence-corrected chi connectivity index (χ2v) is 6.72. The van der Waals surface area contributed by atoms with Crippen LogP contribution in [0.25, 0.3) is 0 Å². The molecular weight excluding hydrogens is 322 g/mol. The van der Waals surface area contributed by atoms with E-state index in [1.54, 1.807) is 37.3 Å². The van der Waals surface area contributed by atoms with Crippen LogP contribution in [0.5, 0.6) is 11.5 Å². The molecule has 136 valence electrons. The molecule has 0 radical (unpaired) electrons. The molecule has 2 aliphatic rings. The summed E-state index contributed by atoms with van der Waals surface area (Å²) in [5, 5.41) is 2.89. The summed E-state index contributed by atoms with van der Waals surface area (Å²) in [6.07, 6.45) is 2.48. The molecule has 1 aliphatic heterocycles. The van der Waals surface area contributed by atoms with Crippen molar-refractivity contribution in [3.8, 4) is 11.5 Å². The lowest BCUT2D eigenvalue weighted by Gasteiger charge is -2.19. The first-order valence-corrected chi connectivity index (χ1v) is 8.58. The quantitative estimate of drug-likeness (QED) is 0.765. The van der Waals surface area contributed by atoms with Crippen LogP contribution in [-0.4, -0.2) is 45.2 Å². The number of benzene rings is 1. The van der Waals surface area contributed by atoms with Crippen molar-refractivity contribution in [2.75, 3.05) is 32.2 Å². The first-order valence-electron chi connectivity index (χ1n) is 8.58. The zero-order chi connectivity index (χ0) is 18.0. The smallest absolute Gasteiger partial charge is 0.227 e. The molecule has 1 saturated carbocycles. The number of nitrogens with one attached hydrogen (secondary N) is 1. The number of nitrogens with zero attached hydrogens (tertiary/aromatic N) is 1. The highest BCUT2D eigenvalue weighted by molar-refractivity contribution is 6.00. The second kappa shape index (κ2) is 7.31. The first kappa shape index (κ1) is 17.5. The highest BCUT2D eigenvalue weighted by Gasteiger charge is 2.36. The Hall–Kier alpha value is -2.28. The summed E-state index contributed by atoms with van der Waals surface area (Å²) in [7, 11) is 3.12. The molecule has 1 saturated heterocycles. The number of carbonyl (C=O) groups is 2. The molecule has 2 atom stereocenters. The van der Waals surface area contributed by atoms with Crippen LogP contribution in [-0.2, 0) is 9.59 Å².